The minimum atomic E-state index is -0.548. The number of hydrogen-bond acceptors (Lipinski definition) is 4. The van der Waals surface area contributed by atoms with E-state index in [1.165, 1.54) is 6.21 Å². The summed E-state index contributed by atoms with van der Waals surface area (Å²) in [6.45, 7) is 3.55. The van der Waals surface area contributed by atoms with E-state index in [4.69, 9.17) is 11.6 Å². The second kappa shape index (κ2) is 8.30. The number of para-hydroxylation sites is 1. The number of rotatable bonds is 5. The zero-order valence-corrected chi connectivity index (χ0v) is 14.6. The number of phenolic OH excluding ortho intramolecular Hbond substituents is 1. The Kier molecular flexibility index (Phi) is 6.14. The molecule has 0 unspecified atom stereocenters. The number of nitrogens with one attached hydrogen (secondary N) is 2. The molecule has 0 aromatic heterocycles. The molecule has 0 aliphatic rings. The number of carbonyl (C=O) groups excluding carboxylic acids is 2. The number of hydrogen-bond donors (Lipinski definition) is 3. The zero-order valence-electron chi connectivity index (χ0n) is 13.8. The quantitative estimate of drug-likeness (QED) is 0.435. The van der Waals surface area contributed by atoms with Crippen LogP contribution in [0, 0.1) is 13.8 Å². The van der Waals surface area contributed by atoms with Crippen molar-refractivity contribution in [3.8, 4) is 5.75 Å². The van der Waals surface area contributed by atoms with Crippen LogP contribution in [0.2, 0.25) is 5.02 Å². The fraction of sp³-hybridized carbons (Fsp3) is 0.167. The minimum absolute atomic E-state index is 0.234. The molecule has 0 saturated carbocycles. The van der Waals surface area contributed by atoms with E-state index in [2.05, 4.69) is 15.8 Å². The lowest BCUT2D eigenvalue weighted by Gasteiger charge is -2.06. The molecular weight excluding hydrogens is 342 g/mol. The van der Waals surface area contributed by atoms with Gasteiger partial charge < -0.3 is 10.4 Å². The highest BCUT2D eigenvalue weighted by Crippen LogP contribution is 2.22. The normalized spacial score (nSPS) is 10.7. The topological polar surface area (TPSA) is 90.8 Å². The number of nitrogens with zero attached hydrogens (tertiary/aromatic N) is 1. The van der Waals surface area contributed by atoms with Crippen LogP contribution in [0.15, 0.2) is 41.5 Å². The SMILES string of the molecule is Cc1cc(C=NNC(=O)CC(=O)Nc2ccccc2Cl)cc(C)c1O. The molecule has 0 aliphatic heterocycles. The monoisotopic (exact) mass is 359 g/mol. The van der Waals surface area contributed by atoms with Crippen molar-refractivity contribution in [2.75, 3.05) is 5.32 Å². The summed E-state index contributed by atoms with van der Waals surface area (Å²) < 4.78 is 0. The summed E-state index contributed by atoms with van der Waals surface area (Å²) in [5.74, 6) is -0.803. The van der Waals surface area contributed by atoms with E-state index in [0.29, 0.717) is 21.8 Å². The molecule has 2 aromatic carbocycles. The van der Waals surface area contributed by atoms with Gasteiger partial charge in [-0.1, -0.05) is 23.7 Å². The highest BCUT2D eigenvalue weighted by atomic mass is 35.5. The number of anilines is 1. The van der Waals surface area contributed by atoms with E-state index in [9.17, 15) is 14.7 Å². The Balaban J connectivity index is 1.88. The molecule has 0 heterocycles. The van der Waals surface area contributed by atoms with Gasteiger partial charge in [-0.05, 0) is 54.8 Å². The van der Waals surface area contributed by atoms with Gasteiger partial charge in [-0.2, -0.15) is 5.10 Å². The van der Waals surface area contributed by atoms with Crippen molar-refractivity contribution in [2.45, 2.75) is 20.3 Å². The van der Waals surface area contributed by atoms with E-state index < -0.39 is 11.8 Å². The first-order valence-corrected chi connectivity index (χ1v) is 7.91. The second-order valence-corrected chi connectivity index (χ2v) is 5.91. The summed E-state index contributed by atoms with van der Waals surface area (Å²) in [6, 6.07) is 10.2. The standard InChI is InChI=1S/C18H18ClN3O3/c1-11-7-13(8-12(2)18(11)25)10-20-22-17(24)9-16(23)21-15-6-4-3-5-14(15)19/h3-8,10,25H,9H2,1-2H3,(H,21,23)(H,22,24). The Morgan fingerprint density at radius 3 is 2.44 bits per heavy atom. The van der Waals surface area contributed by atoms with Crippen LogP contribution in [-0.2, 0) is 9.59 Å². The smallest absolute Gasteiger partial charge is 0.249 e. The first-order valence-electron chi connectivity index (χ1n) is 7.53. The van der Waals surface area contributed by atoms with Crippen molar-refractivity contribution in [3.05, 3.63) is 58.1 Å². The van der Waals surface area contributed by atoms with Gasteiger partial charge in [0.05, 0.1) is 16.9 Å². The van der Waals surface area contributed by atoms with Crippen LogP contribution < -0.4 is 10.7 Å². The maximum atomic E-state index is 11.8. The van der Waals surface area contributed by atoms with Gasteiger partial charge in [0.1, 0.15) is 12.2 Å². The van der Waals surface area contributed by atoms with Gasteiger partial charge in [0, 0.05) is 0 Å². The van der Waals surface area contributed by atoms with Gasteiger partial charge >= 0.3 is 0 Å². The lowest BCUT2D eigenvalue weighted by Crippen LogP contribution is -2.24. The summed E-state index contributed by atoms with van der Waals surface area (Å²) in [5.41, 5.74) is 4.89. The molecule has 2 aromatic rings. The summed E-state index contributed by atoms with van der Waals surface area (Å²) in [6.07, 6.45) is 1.07. The molecule has 0 atom stereocenters. The fourth-order valence-corrected chi connectivity index (χ4v) is 2.37. The number of carbonyl (C=O) groups is 2. The third-order valence-corrected chi connectivity index (χ3v) is 3.71. The lowest BCUT2D eigenvalue weighted by molar-refractivity contribution is -0.126. The van der Waals surface area contributed by atoms with E-state index in [1.807, 2.05) is 0 Å². The average Bonchev–Trinajstić information content (AvgIpc) is 2.54. The molecule has 0 fully saturated rings. The Bertz CT molecular complexity index is 811. The molecule has 0 aliphatic carbocycles. The van der Waals surface area contributed by atoms with E-state index in [-0.39, 0.29) is 12.2 Å². The first-order chi connectivity index (χ1) is 11.9. The molecule has 0 bridgehead atoms. The van der Waals surface area contributed by atoms with Crippen LogP contribution in [0.3, 0.4) is 0 Å². The second-order valence-electron chi connectivity index (χ2n) is 5.50. The van der Waals surface area contributed by atoms with Crippen LogP contribution in [0.1, 0.15) is 23.1 Å². The van der Waals surface area contributed by atoms with Gasteiger partial charge in [-0.3, -0.25) is 9.59 Å². The Morgan fingerprint density at radius 2 is 1.80 bits per heavy atom. The first kappa shape index (κ1) is 18.5. The van der Waals surface area contributed by atoms with Crippen molar-refractivity contribution in [3.63, 3.8) is 0 Å². The number of hydrazone groups is 1. The van der Waals surface area contributed by atoms with Crippen LogP contribution >= 0.6 is 11.6 Å². The van der Waals surface area contributed by atoms with Crippen LogP contribution in [-0.4, -0.2) is 23.1 Å². The summed E-state index contributed by atoms with van der Waals surface area (Å²) in [5, 5.41) is 16.5. The summed E-state index contributed by atoms with van der Waals surface area (Å²) >= 11 is 5.94. The highest BCUT2D eigenvalue weighted by molar-refractivity contribution is 6.33. The molecule has 25 heavy (non-hydrogen) atoms. The number of phenols is 1. The van der Waals surface area contributed by atoms with Crippen molar-refractivity contribution >= 4 is 35.3 Å². The Morgan fingerprint density at radius 1 is 1.16 bits per heavy atom. The van der Waals surface area contributed by atoms with Crippen molar-refractivity contribution in [1.29, 1.82) is 0 Å². The van der Waals surface area contributed by atoms with Gasteiger partial charge in [-0.25, -0.2) is 5.43 Å². The third kappa shape index (κ3) is 5.32. The maximum Gasteiger partial charge on any atom is 0.249 e. The van der Waals surface area contributed by atoms with E-state index >= 15 is 0 Å². The van der Waals surface area contributed by atoms with Crippen LogP contribution in [0.4, 0.5) is 5.69 Å². The number of aromatic hydroxyl groups is 1. The highest BCUT2D eigenvalue weighted by Gasteiger charge is 2.10. The molecule has 6 nitrogen and oxygen atoms in total. The number of benzene rings is 2. The molecule has 0 saturated heterocycles. The third-order valence-electron chi connectivity index (χ3n) is 3.39. The predicted molar refractivity (Wildman–Crippen MR) is 98.0 cm³/mol. The van der Waals surface area contributed by atoms with Crippen LogP contribution in [0.5, 0.6) is 5.75 Å². The number of halogens is 1. The van der Waals surface area contributed by atoms with Crippen molar-refractivity contribution in [2.24, 2.45) is 5.10 Å². The Labute approximate surface area is 150 Å². The molecule has 3 N–H and O–H groups in total. The average molecular weight is 360 g/mol. The molecule has 2 rings (SSSR count). The van der Waals surface area contributed by atoms with Crippen molar-refractivity contribution < 1.29 is 14.7 Å². The van der Waals surface area contributed by atoms with Gasteiger partial charge in [0.15, 0.2) is 0 Å². The number of amides is 2. The van der Waals surface area contributed by atoms with E-state index in [0.717, 1.165) is 5.56 Å². The molecule has 0 spiro atoms. The molecule has 7 heteroatoms. The van der Waals surface area contributed by atoms with Crippen LogP contribution in [0.25, 0.3) is 0 Å². The molecular formula is C18H18ClN3O3. The van der Waals surface area contributed by atoms with E-state index in [1.54, 1.807) is 50.2 Å². The summed E-state index contributed by atoms with van der Waals surface area (Å²) in [4.78, 5) is 23.6. The maximum absolute atomic E-state index is 11.8. The van der Waals surface area contributed by atoms with Gasteiger partial charge in [0.25, 0.3) is 0 Å². The van der Waals surface area contributed by atoms with Gasteiger partial charge in [0.2, 0.25) is 11.8 Å². The summed E-state index contributed by atoms with van der Waals surface area (Å²) in [7, 11) is 0. The fourth-order valence-electron chi connectivity index (χ4n) is 2.19. The molecule has 2 amide bonds. The zero-order chi connectivity index (χ0) is 18.4. The van der Waals surface area contributed by atoms with Crippen molar-refractivity contribution in [1.82, 2.24) is 5.43 Å². The Hall–Kier alpha value is -2.86. The van der Waals surface area contributed by atoms with Gasteiger partial charge in [-0.15, -0.1) is 0 Å². The minimum Gasteiger partial charge on any atom is -0.507 e. The number of aryl methyl sites for hydroxylation is 2. The lowest BCUT2D eigenvalue weighted by atomic mass is 10.1. The molecule has 0 radical (unpaired) electrons. The predicted octanol–water partition coefficient (Wildman–Crippen LogP) is 3.14. The molecule has 130 valence electrons. The largest absolute Gasteiger partial charge is 0.507 e.